The molecule has 1 aromatic carbocycles. The van der Waals surface area contributed by atoms with Crippen LogP contribution in [0.25, 0.3) is 0 Å². The number of aromatic nitrogens is 2. The number of aryl methyl sites for hydroxylation is 1. The standard InChI is InChI=1S/C19H24N4O2/c1-14-20-19(25-21-14)17-7-4-9-22(11-17)13-18(24)23-10-8-15-5-2-3-6-16(15)12-23/h2-3,5-6,17H,4,7-13H2,1H3/t17-/m1/s1. The number of nitrogens with zero attached hydrogens (tertiary/aromatic N) is 4. The van der Waals surface area contributed by atoms with Crippen molar-refractivity contribution in [3.63, 3.8) is 0 Å². The number of likely N-dealkylation sites (tertiary alicyclic amines) is 1. The van der Waals surface area contributed by atoms with E-state index in [1.165, 1.54) is 11.1 Å². The van der Waals surface area contributed by atoms with E-state index in [2.05, 4.69) is 39.3 Å². The van der Waals surface area contributed by atoms with Crippen LogP contribution in [0.15, 0.2) is 28.8 Å². The normalized spacial score (nSPS) is 21.2. The zero-order chi connectivity index (χ0) is 17.2. The smallest absolute Gasteiger partial charge is 0.237 e. The number of benzene rings is 1. The Hall–Kier alpha value is -2.21. The Bertz CT molecular complexity index is 757. The fourth-order valence-corrected chi connectivity index (χ4v) is 3.88. The van der Waals surface area contributed by atoms with Crippen molar-refractivity contribution in [1.82, 2.24) is 19.9 Å². The van der Waals surface area contributed by atoms with E-state index in [0.29, 0.717) is 18.3 Å². The lowest BCUT2D eigenvalue weighted by molar-refractivity contribution is -0.133. The van der Waals surface area contributed by atoms with Gasteiger partial charge in [-0.3, -0.25) is 9.69 Å². The fourth-order valence-electron chi connectivity index (χ4n) is 3.88. The molecule has 1 aromatic heterocycles. The molecule has 0 N–H and O–H groups in total. The number of amides is 1. The summed E-state index contributed by atoms with van der Waals surface area (Å²) in [5.41, 5.74) is 2.65. The summed E-state index contributed by atoms with van der Waals surface area (Å²) in [5, 5.41) is 3.89. The first-order valence-electron chi connectivity index (χ1n) is 9.06. The second-order valence-electron chi connectivity index (χ2n) is 7.09. The van der Waals surface area contributed by atoms with Gasteiger partial charge in [-0.15, -0.1) is 0 Å². The topological polar surface area (TPSA) is 62.5 Å². The Balaban J connectivity index is 1.36. The molecule has 3 heterocycles. The summed E-state index contributed by atoms with van der Waals surface area (Å²) in [6.45, 7) is 5.64. The van der Waals surface area contributed by atoms with Gasteiger partial charge in [0, 0.05) is 19.6 Å². The molecule has 2 aliphatic heterocycles. The Labute approximate surface area is 147 Å². The highest BCUT2D eigenvalue weighted by Gasteiger charge is 2.28. The van der Waals surface area contributed by atoms with Gasteiger partial charge in [-0.2, -0.15) is 4.98 Å². The van der Waals surface area contributed by atoms with E-state index in [-0.39, 0.29) is 11.8 Å². The molecule has 1 atom stereocenters. The summed E-state index contributed by atoms with van der Waals surface area (Å²) in [6, 6.07) is 8.42. The number of hydrogen-bond acceptors (Lipinski definition) is 5. The van der Waals surface area contributed by atoms with Gasteiger partial charge >= 0.3 is 0 Å². The van der Waals surface area contributed by atoms with Crippen LogP contribution in [0.4, 0.5) is 0 Å². The third-order valence-electron chi connectivity index (χ3n) is 5.24. The number of rotatable bonds is 3. The summed E-state index contributed by atoms with van der Waals surface area (Å²) in [6.07, 6.45) is 3.05. The van der Waals surface area contributed by atoms with Crippen molar-refractivity contribution in [2.75, 3.05) is 26.2 Å². The molecule has 1 fully saturated rings. The maximum Gasteiger partial charge on any atom is 0.237 e. The third-order valence-corrected chi connectivity index (χ3v) is 5.24. The first kappa shape index (κ1) is 16.3. The van der Waals surface area contributed by atoms with E-state index in [0.717, 1.165) is 45.4 Å². The Kier molecular flexibility index (Phi) is 4.53. The van der Waals surface area contributed by atoms with Gasteiger partial charge in [-0.1, -0.05) is 29.4 Å². The lowest BCUT2D eigenvalue weighted by Gasteiger charge is -2.34. The van der Waals surface area contributed by atoms with Crippen LogP contribution >= 0.6 is 0 Å². The second kappa shape index (κ2) is 6.96. The SMILES string of the molecule is Cc1noc([C@@H]2CCCN(CC(=O)N3CCc4ccccc4C3)C2)n1. The monoisotopic (exact) mass is 340 g/mol. The zero-order valence-corrected chi connectivity index (χ0v) is 14.6. The molecular formula is C19H24N4O2. The van der Waals surface area contributed by atoms with Crippen molar-refractivity contribution in [1.29, 1.82) is 0 Å². The van der Waals surface area contributed by atoms with Gasteiger partial charge in [0.15, 0.2) is 5.82 Å². The van der Waals surface area contributed by atoms with Gasteiger partial charge in [0.1, 0.15) is 0 Å². The highest BCUT2D eigenvalue weighted by atomic mass is 16.5. The van der Waals surface area contributed by atoms with E-state index in [1.807, 2.05) is 11.8 Å². The first-order valence-corrected chi connectivity index (χ1v) is 9.06. The molecule has 0 aliphatic carbocycles. The zero-order valence-electron chi connectivity index (χ0n) is 14.6. The number of carbonyl (C=O) groups excluding carboxylic acids is 1. The van der Waals surface area contributed by atoms with Gasteiger partial charge in [-0.25, -0.2) is 0 Å². The summed E-state index contributed by atoms with van der Waals surface area (Å²) in [7, 11) is 0. The predicted molar refractivity (Wildman–Crippen MR) is 93.0 cm³/mol. The summed E-state index contributed by atoms with van der Waals surface area (Å²) >= 11 is 0. The van der Waals surface area contributed by atoms with E-state index in [1.54, 1.807) is 0 Å². The average molecular weight is 340 g/mol. The minimum absolute atomic E-state index is 0.219. The van der Waals surface area contributed by atoms with Crippen molar-refractivity contribution in [2.45, 2.75) is 38.6 Å². The van der Waals surface area contributed by atoms with Gasteiger partial charge in [0.2, 0.25) is 11.8 Å². The molecule has 132 valence electrons. The van der Waals surface area contributed by atoms with Crippen LogP contribution in [0.1, 0.15) is 41.6 Å². The van der Waals surface area contributed by atoms with Crippen molar-refractivity contribution in [3.05, 3.63) is 47.1 Å². The maximum absolute atomic E-state index is 12.8. The number of hydrogen-bond donors (Lipinski definition) is 0. The van der Waals surface area contributed by atoms with Crippen LogP contribution in [0.3, 0.4) is 0 Å². The molecule has 0 bridgehead atoms. The molecular weight excluding hydrogens is 316 g/mol. The fraction of sp³-hybridized carbons (Fsp3) is 0.526. The van der Waals surface area contributed by atoms with Gasteiger partial charge in [0.05, 0.1) is 12.5 Å². The molecule has 2 aromatic rings. The van der Waals surface area contributed by atoms with Crippen LogP contribution < -0.4 is 0 Å². The summed E-state index contributed by atoms with van der Waals surface area (Å²) in [5.74, 6) is 1.85. The highest BCUT2D eigenvalue weighted by molar-refractivity contribution is 5.78. The molecule has 0 unspecified atom stereocenters. The summed E-state index contributed by atoms with van der Waals surface area (Å²) in [4.78, 5) is 21.3. The molecule has 25 heavy (non-hydrogen) atoms. The highest BCUT2D eigenvalue weighted by Crippen LogP contribution is 2.26. The molecule has 2 aliphatic rings. The number of piperidine rings is 1. The lowest BCUT2D eigenvalue weighted by atomic mass is 9.97. The molecule has 0 radical (unpaired) electrons. The van der Waals surface area contributed by atoms with Crippen molar-refractivity contribution < 1.29 is 9.32 Å². The third kappa shape index (κ3) is 3.58. The Morgan fingerprint density at radius 1 is 1.28 bits per heavy atom. The van der Waals surface area contributed by atoms with Crippen LogP contribution in [0.5, 0.6) is 0 Å². The van der Waals surface area contributed by atoms with E-state index in [9.17, 15) is 4.79 Å². The minimum Gasteiger partial charge on any atom is -0.339 e. The predicted octanol–water partition coefficient (Wildman–Crippen LogP) is 2.14. The quantitative estimate of drug-likeness (QED) is 0.857. The van der Waals surface area contributed by atoms with Gasteiger partial charge in [-0.05, 0) is 43.9 Å². The summed E-state index contributed by atoms with van der Waals surface area (Å²) < 4.78 is 5.33. The first-order chi connectivity index (χ1) is 12.2. The van der Waals surface area contributed by atoms with E-state index in [4.69, 9.17) is 4.52 Å². The second-order valence-corrected chi connectivity index (χ2v) is 7.09. The minimum atomic E-state index is 0.219. The molecule has 4 rings (SSSR count). The van der Waals surface area contributed by atoms with Crippen LogP contribution in [0.2, 0.25) is 0 Å². The van der Waals surface area contributed by atoms with E-state index < -0.39 is 0 Å². The van der Waals surface area contributed by atoms with Gasteiger partial charge < -0.3 is 9.42 Å². The van der Waals surface area contributed by atoms with Crippen LogP contribution in [0, 0.1) is 6.92 Å². The molecule has 6 nitrogen and oxygen atoms in total. The van der Waals surface area contributed by atoms with Gasteiger partial charge in [0.25, 0.3) is 0 Å². The molecule has 1 amide bonds. The average Bonchev–Trinajstić information content (AvgIpc) is 3.08. The van der Waals surface area contributed by atoms with Crippen LogP contribution in [-0.2, 0) is 17.8 Å². The lowest BCUT2D eigenvalue weighted by Crippen LogP contribution is -2.45. The van der Waals surface area contributed by atoms with Crippen molar-refractivity contribution in [3.8, 4) is 0 Å². The Morgan fingerprint density at radius 3 is 2.92 bits per heavy atom. The van der Waals surface area contributed by atoms with Crippen molar-refractivity contribution >= 4 is 5.91 Å². The largest absolute Gasteiger partial charge is 0.339 e. The number of fused-ring (bicyclic) bond motifs is 1. The number of carbonyl (C=O) groups is 1. The van der Waals surface area contributed by atoms with E-state index >= 15 is 0 Å². The molecule has 1 saturated heterocycles. The maximum atomic E-state index is 12.8. The van der Waals surface area contributed by atoms with Crippen molar-refractivity contribution in [2.24, 2.45) is 0 Å². The molecule has 0 saturated carbocycles. The molecule has 6 heteroatoms. The van der Waals surface area contributed by atoms with Crippen LogP contribution in [-0.4, -0.2) is 52.0 Å². The Morgan fingerprint density at radius 2 is 2.12 bits per heavy atom. The molecule has 0 spiro atoms.